The van der Waals surface area contributed by atoms with Gasteiger partial charge in [-0.1, -0.05) is 18.2 Å². The summed E-state index contributed by atoms with van der Waals surface area (Å²) in [5, 5.41) is 8.17. The molecule has 0 aliphatic carbocycles. The molecule has 0 spiro atoms. The van der Waals surface area contributed by atoms with E-state index >= 15 is 0 Å². The normalized spacial score (nSPS) is 11.0. The van der Waals surface area contributed by atoms with Gasteiger partial charge in [-0.15, -0.1) is 11.3 Å². The van der Waals surface area contributed by atoms with Crippen LogP contribution in [-0.4, -0.2) is 27.2 Å². The van der Waals surface area contributed by atoms with Crippen LogP contribution in [0.5, 0.6) is 0 Å². The summed E-state index contributed by atoms with van der Waals surface area (Å²) in [4.78, 5) is 17.8. The maximum atomic E-state index is 12.3. The third-order valence-electron chi connectivity index (χ3n) is 3.68. The van der Waals surface area contributed by atoms with Gasteiger partial charge in [0.15, 0.2) is 5.69 Å². The van der Waals surface area contributed by atoms with Crippen molar-refractivity contribution in [2.75, 3.05) is 6.54 Å². The van der Waals surface area contributed by atoms with Crippen molar-refractivity contribution in [2.45, 2.75) is 19.8 Å². The summed E-state index contributed by atoms with van der Waals surface area (Å²) in [6, 6.07) is 7.76. The highest BCUT2D eigenvalue weighted by Gasteiger charge is 2.15. The largest absolute Gasteiger partial charge is 0.351 e. The van der Waals surface area contributed by atoms with E-state index in [1.54, 1.807) is 16.0 Å². The van der Waals surface area contributed by atoms with Crippen LogP contribution in [0, 0.1) is 6.92 Å². The van der Waals surface area contributed by atoms with Crippen LogP contribution in [-0.2, 0) is 13.5 Å². The Morgan fingerprint density at radius 2 is 2.18 bits per heavy atom. The molecule has 2 heterocycles. The van der Waals surface area contributed by atoms with E-state index in [1.165, 1.54) is 4.88 Å². The van der Waals surface area contributed by atoms with Gasteiger partial charge in [0.2, 0.25) is 0 Å². The van der Waals surface area contributed by atoms with Crippen LogP contribution >= 0.6 is 11.3 Å². The summed E-state index contributed by atoms with van der Waals surface area (Å²) < 4.78 is 1.74. The molecule has 3 aromatic rings. The molecule has 3 rings (SSSR count). The Morgan fingerprint density at radius 3 is 2.95 bits per heavy atom. The average molecular weight is 314 g/mol. The van der Waals surface area contributed by atoms with Crippen molar-refractivity contribution in [1.82, 2.24) is 20.1 Å². The quantitative estimate of drug-likeness (QED) is 0.737. The molecule has 0 aliphatic heterocycles. The van der Waals surface area contributed by atoms with E-state index in [1.807, 2.05) is 43.7 Å². The van der Waals surface area contributed by atoms with Gasteiger partial charge in [0.25, 0.3) is 5.91 Å². The van der Waals surface area contributed by atoms with E-state index in [4.69, 9.17) is 0 Å². The number of rotatable bonds is 5. The highest BCUT2D eigenvalue weighted by molar-refractivity contribution is 7.09. The molecule has 1 N–H and O–H groups in total. The monoisotopic (exact) mass is 314 g/mol. The lowest BCUT2D eigenvalue weighted by atomic mass is 10.2. The third-order valence-corrected chi connectivity index (χ3v) is 4.68. The lowest BCUT2D eigenvalue weighted by Gasteiger charge is -2.03. The molecule has 0 saturated heterocycles. The number of carbonyl (C=O) groups excluding carboxylic acids is 1. The number of benzene rings is 1. The van der Waals surface area contributed by atoms with Crippen LogP contribution in [0.15, 0.2) is 29.8 Å². The predicted molar refractivity (Wildman–Crippen MR) is 88.2 cm³/mol. The van der Waals surface area contributed by atoms with Gasteiger partial charge in [0.1, 0.15) is 0 Å². The fraction of sp³-hybridized carbons (Fsp3) is 0.312. The predicted octanol–water partition coefficient (Wildman–Crippen LogP) is 2.70. The first-order chi connectivity index (χ1) is 10.7. The number of para-hydroxylation sites is 1. The Hall–Kier alpha value is -2.21. The van der Waals surface area contributed by atoms with Gasteiger partial charge in [-0.05, 0) is 25.8 Å². The molecular formula is C16H18N4OS. The summed E-state index contributed by atoms with van der Waals surface area (Å²) in [7, 11) is 1.85. The maximum Gasteiger partial charge on any atom is 0.272 e. The Bertz CT molecular complexity index is 805. The Balaban J connectivity index is 1.61. The summed E-state index contributed by atoms with van der Waals surface area (Å²) in [5.74, 6) is -0.113. The molecule has 1 amide bonds. The molecule has 1 aromatic carbocycles. The number of hydrogen-bond acceptors (Lipinski definition) is 4. The molecule has 0 atom stereocenters. The zero-order chi connectivity index (χ0) is 15.5. The van der Waals surface area contributed by atoms with E-state index in [0.29, 0.717) is 12.2 Å². The number of fused-ring (bicyclic) bond motifs is 1. The van der Waals surface area contributed by atoms with Crippen LogP contribution in [0.3, 0.4) is 0 Å². The molecule has 114 valence electrons. The number of hydrogen-bond donors (Lipinski definition) is 1. The van der Waals surface area contributed by atoms with Crippen molar-refractivity contribution < 1.29 is 4.79 Å². The molecule has 2 aromatic heterocycles. The lowest BCUT2D eigenvalue weighted by molar-refractivity contribution is 0.0949. The second-order valence-electron chi connectivity index (χ2n) is 5.21. The number of nitrogens with one attached hydrogen (secondary N) is 1. The second kappa shape index (κ2) is 6.27. The fourth-order valence-electron chi connectivity index (χ4n) is 2.48. The Labute approximate surface area is 133 Å². The molecule has 6 heteroatoms. The van der Waals surface area contributed by atoms with Gasteiger partial charge in [0.05, 0.1) is 16.7 Å². The van der Waals surface area contributed by atoms with Crippen LogP contribution in [0.25, 0.3) is 10.9 Å². The van der Waals surface area contributed by atoms with Crippen LogP contribution < -0.4 is 5.32 Å². The van der Waals surface area contributed by atoms with E-state index < -0.39 is 0 Å². The van der Waals surface area contributed by atoms with Crippen molar-refractivity contribution in [3.8, 4) is 0 Å². The lowest BCUT2D eigenvalue weighted by Crippen LogP contribution is -2.25. The minimum Gasteiger partial charge on any atom is -0.351 e. The zero-order valence-corrected chi connectivity index (χ0v) is 13.5. The highest BCUT2D eigenvalue weighted by Crippen LogP contribution is 2.17. The summed E-state index contributed by atoms with van der Waals surface area (Å²) in [6.07, 6.45) is 1.85. The summed E-state index contributed by atoms with van der Waals surface area (Å²) in [6.45, 7) is 2.66. The van der Waals surface area contributed by atoms with Gasteiger partial charge in [-0.3, -0.25) is 9.48 Å². The van der Waals surface area contributed by atoms with Gasteiger partial charge in [0, 0.05) is 23.9 Å². The number of aryl methyl sites for hydroxylation is 3. The standard InChI is InChI=1S/C16H18N4OS/c1-11-14(22-10-18-11)8-5-9-17-16(21)15-12-6-3-4-7-13(12)20(2)19-15/h3-4,6-7,10H,5,8-9H2,1-2H3,(H,17,21). The van der Waals surface area contributed by atoms with Gasteiger partial charge in [-0.2, -0.15) is 5.10 Å². The molecule has 0 saturated carbocycles. The molecule has 0 radical (unpaired) electrons. The number of nitrogens with zero attached hydrogens (tertiary/aromatic N) is 3. The first-order valence-corrected chi connectivity index (χ1v) is 8.13. The van der Waals surface area contributed by atoms with Gasteiger partial charge >= 0.3 is 0 Å². The molecule has 5 nitrogen and oxygen atoms in total. The van der Waals surface area contributed by atoms with Crippen molar-refractivity contribution in [3.63, 3.8) is 0 Å². The number of carbonyl (C=O) groups is 1. The third kappa shape index (κ3) is 2.87. The molecule has 0 unspecified atom stereocenters. The van der Waals surface area contributed by atoms with E-state index in [-0.39, 0.29) is 5.91 Å². The van der Waals surface area contributed by atoms with Gasteiger partial charge in [-0.25, -0.2) is 4.98 Å². The second-order valence-corrected chi connectivity index (χ2v) is 6.15. The van der Waals surface area contributed by atoms with Crippen molar-refractivity contribution in [2.24, 2.45) is 7.05 Å². The van der Waals surface area contributed by atoms with Crippen molar-refractivity contribution in [3.05, 3.63) is 46.0 Å². The minimum atomic E-state index is -0.113. The summed E-state index contributed by atoms with van der Waals surface area (Å²) in [5.41, 5.74) is 4.41. The SMILES string of the molecule is Cc1ncsc1CCCNC(=O)c1nn(C)c2ccccc12. The Kier molecular flexibility index (Phi) is 4.20. The van der Waals surface area contributed by atoms with Gasteiger partial charge < -0.3 is 5.32 Å². The number of thiazole rings is 1. The Morgan fingerprint density at radius 1 is 1.36 bits per heavy atom. The maximum absolute atomic E-state index is 12.3. The molecule has 22 heavy (non-hydrogen) atoms. The zero-order valence-electron chi connectivity index (χ0n) is 12.7. The summed E-state index contributed by atoms with van der Waals surface area (Å²) >= 11 is 1.67. The minimum absolute atomic E-state index is 0.113. The molecule has 0 bridgehead atoms. The molecule has 0 aliphatic rings. The van der Waals surface area contributed by atoms with Crippen LogP contribution in [0.2, 0.25) is 0 Å². The van der Waals surface area contributed by atoms with Crippen molar-refractivity contribution >= 4 is 28.1 Å². The molecular weight excluding hydrogens is 296 g/mol. The first-order valence-electron chi connectivity index (χ1n) is 7.25. The van der Waals surface area contributed by atoms with Crippen LogP contribution in [0.4, 0.5) is 0 Å². The fourth-order valence-corrected chi connectivity index (χ4v) is 3.31. The van der Waals surface area contributed by atoms with Crippen LogP contribution in [0.1, 0.15) is 27.5 Å². The highest BCUT2D eigenvalue weighted by atomic mass is 32.1. The first kappa shape index (κ1) is 14.7. The van der Waals surface area contributed by atoms with E-state index in [9.17, 15) is 4.79 Å². The van der Waals surface area contributed by atoms with E-state index in [0.717, 1.165) is 29.4 Å². The average Bonchev–Trinajstić information content (AvgIpc) is 3.08. The number of aromatic nitrogens is 3. The number of amides is 1. The smallest absolute Gasteiger partial charge is 0.272 e. The topological polar surface area (TPSA) is 59.8 Å². The van der Waals surface area contributed by atoms with Crippen molar-refractivity contribution in [1.29, 1.82) is 0 Å². The van der Waals surface area contributed by atoms with E-state index in [2.05, 4.69) is 15.4 Å². The molecule has 0 fully saturated rings.